The Morgan fingerprint density at radius 1 is 1.11 bits per heavy atom. The fourth-order valence-corrected chi connectivity index (χ4v) is 2.37. The third-order valence-electron chi connectivity index (χ3n) is 2.67. The second-order valence-corrected chi connectivity index (χ2v) is 5.08. The third kappa shape index (κ3) is 2.50. The van der Waals surface area contributed by atoms with Crippen LogP contribution in [-0.4, -0.2) is 15.2 Å². The summed E-state index contributed by atoms with van der Waals surface area (Å²) in [5.41, 5.74) is 3.37. The van der Waals surface area contributed by atoms with E-state index in [9.17, 15) is 0 Å². The van der Waals surface area contributed by atoms with Crippen LogP contribution >= 0.6 is 23.2 Å². The minimum atomic E-state index is 0.569. The molecule has 0 saturated carbocycles. The molecule has 0 fully saturated rings. The lowest BCUT2D eigenvalue weighted by Gasteiger charge is -2.04. The summed E-state index contributed by atoms with van der Waals surface area (Å²) in [7, 11) is 0. The molecule has 0 radical (unpaired) electrons. The molecule has 19 heavy (non-hydrogen) atoms. The molecule has 0 aliphatic carbocycles. The second-order valence-electron chi connectivity index (χ2n) is 4.20. The largest absolute Gasteiger partial charge is 0.337 e. The fourth-order valence-electron chi connectivity index (χ4n) is 1.85. The molecule has 0 atom stereocenters. The molecule has 0 amide bonds. The summed E-state index contributed by atoms with van der Waals surface area (Å²) in [5, 5.41) is 11.4. The number of benzene rings is 1. The lowest BCUT2D eigenvalue weighted by molar-refractivity contribution is 1.12. The maximum Gasteiger partial charge on any atom is 0.178 e. The van der Waals surface area contributed by atoms with Crippen LogP contribution < -0.4 is 5.32 Å². The van der Waals surface area contributed by atoms with Gasteiger partial charge in [-0.3, -0.25) is 5.10 Å². The van der Waals surface area contributed by atoms with Gasteiger partial charge in [-0.05, 0) is 37.3 Å². The monoisotopic (exact) mass is 292 g/mol. The number of hydrogen-bond donors (Lipinski definition) is 2. The number of pyridine rings is 1. The Morgan fingerprint density at radius 2 is 1.84 bits per heavy atom. The van der Waals surface area contributed by atoms with Gasteiger partial charge in [-0.1, -0.05) is 23.2 Å². The first-order chi connectivity index (χ1) is 9.11. The van der Waals surface area contributed by atoms with Crippen LogP contribution in [0.4, 0.5) is 11.5 Å². The van der Waals surface area contributed by atoms with Gasteiger partial charge in [0.05, 0.1) is 5.52 Å². The van der Waals surface area contributed by atoms with Gasteiger partial charge >= 0.3 is 0 Å². The predicted molar refractivity (Wildman–Crippen MR) is 78.4 cm³/mol. The summed E-state index contributed by atoms with van der Waals surface area (Å²) in [6.45, 7) is 1.94. The Morgan fingerprint density at radius 3 is 2.58 bits per heavy atom. The molecule has 0 unspecified atom stereocenters. The predicted octanol–water partition coefficient (Wildman–Crippen LogP) is 4.32. The minimum absolute atomic E-state index is 0.569. The summed E-state index contributed by atoms with van der Waals surface area (Å²) in [5.74, 6) is 0.650. The van der Waals surface area contributed by atoms with Crippen molar-refractivity contribution in [2.75, 3.05) is 5.32 Å². The molecule has 3 rings (SSSR count). The van der Waals surface area contributed by atoms with Gasteiger partial charge in [0.1, 0.15) is 5.52 Å². The van der Waals surface area contributed by atoms with Crippen LogP contribution in [0.5, 0.6) is 0 Å². The Labute approximate surface area is 119 Å². The van der Waals surface area contributed by atoms with Gasteiger partial charge in [-0.15, -0.1) is 0 Å². The number of rotatable bonds is 2. The number of aromatic amines is 1. The molecule has 4 nitrogen and oxygen atoms in total. The van der Waals surface area contributed by atoms with Crippen molar-refractivity contribution in [1.29, 1.82) is 0 Å². The van der Waals surface area contributed by atoms with Crippen LogP contribution in [0.2, 0.25) is 10.0 Å². The highest BCUT2D eigenvalue weighted by molar-refractivity contribution is 6.35. The summed E-state index contributed by atoms with van der Waals surface area (Å²) in [6, 6.07) is 9.12. The first-order valence-corrected chi connectivity index (χ1v) is 6.42. The zero-order chi connectivity index (χ0) is 13.4. The lowest BCUT2D eigenvalue weighted by Crippen LogP contribution is -1.92. The molecule has 0 aliphatic rings. The molecular weight excluding hydrogens is 283 g/mol. The molecule has 2 aromatic heterocycles. The van der Waals surface area contributed by atoms with Crippen molar-refractivity contribution >= 4 is 45.7 Å². The highest BCUT2D eigenvalue weighted by atomic mass is 35.5. The molecule has 2 N–H and O–H groups in total. The van der Waals surface area contributed by atoms with Crippen molar-refractivity contribution < 1.29 is 0 Å². The first-order valence-electron chi connectivity index (χ1n) is 5.67. The van der Waals surface area contributed by atoms with Crippen molar-refractivity contribution in [1.82, 2.24) is 15.2 Å². The van der Waals surface area contributed by atoms with Gasteiger partial charge in [0, 0.05) is 21.4 Å². The molecule has 0 spiro atoms. The van der Waals surface area contributed by atoms with E-state index < -0.39 is 0 Å². The molecule has 6 heteroatoms. The van der Waals surface area contributed by atoms with Crippen LogP contribution in [-0.2, 0) is 0 Å². The Bertz CT molecular complexity index is 731. The van der Waals surface area contributed by atoms with Crippen molar-refractivity contribution in [3.05, 3.63) is 46.1 Å². The molecule has 0 bridgehead atoms. The number of H-pyrrole nitrogens is 1. The number of anilines is 2. The van der Waals surface area contributed by atoms with Gasteiger partial charge in [0.2, 0.25) is 0 Å². The highest BCUT2D eigenvalue weighted by Crippen LogP contribution is 2.27. The fraction of sp³-hybridized carbons (Fsp3) is 0.0769. The van der Waals surface area contributed by atoms with Crippen molar-refractivity contribution in [2.24, 2.45) is 0 Å². The summed E-state index contributed by atoms with van der Waals surface area (Å²) < 4.78 is 0. The number of fused-ring (bicyclic) bond motifs is 1. The van der Waals surface area contributed by atoms with Crippen LogP contribution in [0.25, 0.3) is 11.0 Å². The number of nitrogens with one attached hydrogen (secondary N) is 2. The molecule has 1 aromatic carbocycles. The molecule has 96 valence electrons. The number of aryl methyl sites for hydroxylation is 1. The Hall–Kier alpha value is -1.78. The van der Waals surface area contributed by atoms with E-state index in [1.165, 1.54) is 0 Å². The molecular formula is C13H10Cl2N4. The zero-order valence-electron chi connectivity index (χ0n) is 10.0. The average Bonchev–Trinajstić information content (AvgIpc) is 2.70. The molecule has 0 aliphatic heterocycles. The average molecular weight is 293 g/mol. The van der Waals surface area contributed by atoms with Gasteiger partial charge < -0.3 is 5.32 Å². The number of aromatic nitrogens is 3. The third-order valence-corrected chi connectivity index (χ3v) is 3.11. The smallest absolute Gasteiger partial charge is 0.178 e. The van der Waals surface area contributed by atoms with Gasteiger partial charge in [0.25, 0.3) is 0 Å². The maximum atomic E-state index is 5.97. The first kappa shape index (κ1) is 12.3. The van der Waals surface area contributed by atoms with E-state index in [0.717, 1.165) is 22.4 Å². The van der Waals surface area contributed by atoms with E-state index in [0.29, 0.717) is 15.9 Å². The van der Waals surface area contributed by atoms with Crippen LogP contribution in [0.3, 0.4) is 0 Å². The summed E-state index contributed by atoms with van der Waals surface area (Å²) in [6.07, 6.45) is 0. The maximum absolute atomic E-state index is 5.97. The quantitative estimate of drug-likeness (QED) is 0.740. The second kappa shape index (κ2) is 4.72. The number of nitrogens with zero attached hydrogens (tertiary/aromatic N) is 2. The number of halogens is 2. The van der Waals surface area contributed by atoms with E-state index in [1.807, 2.05) is 19.1 Å². The van der Waals surface area contributed by atoms with Gasteiger partial charge in [-0.2, -0.15) is 5.10 Å². The Kier molecular flexibility index (Phi) is 3.05. The van der Waals surface area contributed by atoms with Crippen molar-refractivity contribution in [2.45, 2.75) is 6.92 Å². The van der Waals surface area contributed by atoms with Crippen LogP contribution in [0.1, 0.15) is 5.69 Å². The van der Waals surface area contributed by atoms with Gasteiger partial charge in [0.15, 0.2) is 5.82 Å². The number of hydrogen-bond acceptors (Lipinski definition) is 3. The summed E-state index contributed by atoms with van der Waals surface area (Å²) >= 11 is 11.9. The molecule has 0 saturated heterocycles. The zero-order valence-corrected chi connectivity index (χ0v) is 11.5. The molecule has 3 aromatic rings. The van der Waals surface area contributed by atoms with Gasteiger partial charge in [-0.25, -0.2) is 4.98 Å². The standard InChI is InChI=1S/C13H10Cl2N4/c1-7-2-3-11-12(16-7)13(19-18-11)17-10-5-8(14)4-9(15)6-10/h2-6H,1H3,(H2,17,18,19). The van der Waals surface area contributed by atoms with E-state index in [4.69, 9.17) is 23.2 Å². The molecule has 2 heterocycles. The van der Waals surface area contributed by atoms with Crippen LogP contribution in [0, 0.1) is 6.92 Å². The minimum Gasteiger partial charge on any atom is -0.337 e. The topological polar surface area (TPSA) is 53.6 Å². The normalized spacial score (nSPS) is 10.9. The van der Waals surface area contributed by atoms with Crippen molar-refractivity contribution in [3.63, 3.8) is 0 Å². The highest BCUT2D eigenvalue weighted by Gasteiger charge is 2.08. The summed E-state index contributed by atoms with van der Waals surface area (Å²) in [4.78, 5) is 4.45. The van der Waals surface area contributed by atoms with E-state index in [1.54, 1.807) is 18.2 Å². The van der Waals surface area contributed by atoms with Crippen LogP contribution in [0.15, 0.2) is 30.3 Å². The SMILES string of the molecule is Cc1ccc2[nH]nc(Nc3cc(Cl)cc(Cl)c3)c2n1. The lowest BCUT2D eigenvalue weighted by atomic mass is 10.3. The van der Waals surface area contributed by atoms with E-state index in [-0.39, 0.29) is 0 Å². The Balaban J connectivity index is 2.03. The van der Waals surface area contributed by atoms with E-state index >= 15 is 0 Å². The van der Waals surface area contributed by atoms with Crippen molar-refractivity contribution in [3.8, 4) is 0 Å². The van der Waals surface area contributed by atoms with E-state index in [2.05, 4.69) is 20.5 Å².